The normalized spacial score (nSPS) is 18.3. The maximum atomic E-state index is 12.1. The summed E-state index contributed by atoms with van der Waals surface area (Å²) in [7, 11) is 0. The average molecular weight is 359 g/mol. The van der Waals surface area contributed by atoms with Gasteiger partial charge in [0.2, 0.25) is 17.6 Å². The third-order valence-corrected chi connectivity index (χ3v) is 4.79. The van der Waals surface area contributed by atoms with Crippen LogP contribution in [0.4, 0.5) is 13.2 Å². The van der Waals surface area contributed by atoms with Crippen molar-refractivity contribution in [2.75, 3.05) is 13.1 Å². The van der Waals surface area contributed by atoms with E-state index in [1.54, 1.807) is 4.90 Å². The lowest BCUT2D eigenvalue weighted by molar-refractivity contribution is -0.139. The zero-order chi connectivity index (χ0) is 17.2. The Morgan fingerprint density at radius 1 is 1.46 bits per heavy atom. The molecule has 3 heterocycles. The Balaban J connectivity index is 1.53. The van der Waals surface area contributed by atoms with Crippen LogP contribution in [0.3, 0.4) is 0 Å². The number of nitrogens with zero attached hydrogens (tertiary/aromatic N) is 3. The molecule has 1 atom stereocenters. The van der Waals surface area contributed by atoms with Gasteiger partial charge in [-0.25, -0.2) is 0 Å². The molecule has 0 unspecified atom stereocenters. The molecule has 130 valence electrons. The van der Waals surface area contributed by atoms with Crippen LogP contribution in [-0.4, -0.2) is 40.2 Å². The van der Waals surface area contributed by atoms with Crippen molar-refractivity contribution in [3.63, 3.8) is 0 Å². The van der Waals surface area contributed by atoms with E-state index in [2.05, 4.69) is 10.1 Å². The van der Waals surface area contributed by atoms with Gasteiger partial charge in [-0.2, -0.15) is 18.2 Å². The lowest BCUT2D eigenvalue weighted by atomic mass is 10.1. The minimum absolute atomic E-state index is 0.0576. The van der Waals surface area contributed by atoms with E-state index < -0.39 is 12.6 Å². The summed E-state index contributed by atoms with van der Waals surface area (Å²) >= 11 is 1.51. The molecule has 9 heteroatoms. The first-order valence-electron chi connectivity index (χ1n) is 7.64. The number of amides is 1. The van der Waals surface area contributed by atoms with Gasteiger partial charge < -0.3 is 9.42 Å². The minimum atomic E-state index is -4.21. The first kappa shape index (κ1) is 16.9. The molecule has 3 rings (SSSR count). The molecule has 0 saturated carbocycles. The van der Waals surface area contributed by atoms with Gasteiger partial charge in [0.15, 0.2) is 0 Å². The summed E-state index contributed by atoms with van der Waals surface area (Å²) in [6.07, 6.45) is -4.72. The van der Waals surface area contributed by atoms with Crippen molar-refractivity contribution in [1.82, 2.24) is 15.0 Å². The van der Waals surface area contributed by atoms with Gasteiger partial charge in [0.25, 0.3) is 0 Å². The number of likely N-dealkylation sites (tertiary alicyclic amines) is 1. The SMILES string of the molecule is O=C(CCCC(F)(F)F)N1CC[C@@H](c2nc(-c3cccs3)no2)C1. The smallest absolute Gasteiger partial charge is 0.342 e. The number of hydrogen-bond donors (Lipinski definition) is 0. The standard InChI is InChI=1S/C15H16F3N3O2S/c16-15(17,18)6-1-4-12(22)21-7-5-10(9-21)14-19-13(20-23-14)11-3-2-8-24-11/h2-3,8,10H,1,4-7,9H2/t10-/m1/s1. The van der Waals surface area contributed by atoms with Gasteiger partial charge in [-0.1, -0.05) is 11.2 Å². The molecule has 1 amide bonds. The summed E-state index contributed by atoms with van der Waals surface area (Å²) in [5, 5.41) is 5.86. The summed E-state index contributed by atoms with van der Waals surface area (Å²) in [6.45, 7) is 0.920. The largest absolute Gasteiger partial charge is 0.389 e. The molecule has 0 bridgehead atoms. The molecular formula is C15H16F3N3O2S. The first-order valence-corrected chi connectivity index (χ1v) is 8.52. The number of hydrogen-bond acceptors (Lipinski definition) is 5. The van der Waals surface area contributed by atoms with Gasteiger partial charge in [-0.05, 0) is 24.3 Å². The van der Waals surface area contributed by atoms with Crippen LogP contribution in [-0.2, 0) is 4.79 Å². The summed E-state index contributed by atoms with van der Waals surface area (Å²) in [5.41, 5.74) is 0. The molecule has 1 saturated heterocycles. The highest BCUT2D eigenvalue weighted by atomic mass is 32.1. The Morgan fingerprint density at radius 3 is 3.00 bits per heavy atom. The van der Waals surface area contributed by atoms with Crippen LogP contribution in [0.2, 0.25) is 0 Å². The summed E-state index contributed by atoms with van der Waals surface area (Å²) < 4.78 is 41.7. The predicted octanol–water partition coefficient (Wildman–Crippen LogP) is 3.85. The number of alkyl halides is 3. The highest BCUT2D eigenvalue weighted by Gasteiger charge is 2.32. The van der Waals surface area contributed by atoms with Crippen LogP contribution in [0.25, 0.3) is 10.7 Å². The van der Waals surface area contributed by atoms with Gasteiger partial charge in [0, 0.05) is 25.9 Å². The van der Waals surface area contributed by atoms with Crippen molar-refractivity contribution in [2.45, 2.75) is 37.8 Å². The second-order valence-corrected chi connectivity index (χ2v) is 6.68. The monoisotopic (exact) mass is 359 g/mol. The van der Waals surface area contributed by atoms with Crippen molar-refractivity contribution in [3.8, 4) is 10.7 Å². The second kappa shape index (κ2) is 6.92. The highest BCUT2D eigenvalue weighted by Crippen LogP contribution is 2.30. The molecule has 0 aliphatic carbocycles. The van der Waals surface area contributed by atoms with Gasteiger partial charge in [0.05, 0.1) is 10.8 Å². The topological polar surface area (TPSA) is 59.2 Å². The Labute approximate surface area is 140 Å². The van der Waals surface area contributed by atoms with Crippen molar-refractivity contribution in [3.05, 3.63) is 23.4 Å². The molecule has 0 spiro atoms. The van der Waals surface area contributed by atoms with E-state index in [0.29, 0.717) is 31.2 Å². The number of carbonyl (C=O) groups is 1. The van der Waals surface area contributed by atoms with Gasteiger partial charge >= 0.3 is 6.18 Å². The van der Waals surface area contributed by atoms with E-state index in [1.165, 1.54) is 11.3 Å². The maximum absolute atomic E-state index is 12.1. The molecular weight excluding hydrogens is 343 g/mol. The van der Waals surface area contributed by atoms with Crippen LogP contribution in [0.5, 0.6) is 0 Å². The van der Waals surface area contributed by atoms with Gasteiger partial charge in [-0.15, -0.1) is 11.3 Å². The van der Waals surface area contributed by atoms with Crippen molar-refractivity contribution in [1.29, 1.82) is 0 Å². The molecule has 24 heavy (non-hydrogen) atoms. The first-order chi connectivity index (χ1) is 11.4. The van der Waals surface area contributed by atoms with Crippen LogP contribution in [0, 0.1) is 0 Å². The van der Waals surface area contributed by atoms with Crippen molar-refractivity contribution < 1.29 is 22.5 Å². The lowest BCUT2D eigenvalue weighted by Gasteiger charge is -2.16. The molecule has 0 aromatic carbocycles. The molecule has 0 radical (unpaired) electrons. The summed E-state index contributed by atoms with van der Waals surface area (Å²) in [6, 6.07) is 3.79. The van der Waals surface area contributed by atoms with Crippen molar-refractivity contribution in [2.24, 2.45) is 0 Å². The predicted molar refractivity (Wildman–Crippen MR) is 81.5 cm³/mol. The molecule has 5 nitrogen and oxygen atoms in total. The Morgan fingerprint density at radius 2 is 2.29 bits per heavy atom. The van der Waals surface area contributed by atoms with E-state index >= 15 is 0 Å². The Bertz CT molecular complexity index is 684. The number of aromatic nitrogens is 2. The third-order valence-electron chi connectivity index (χ3n) is 3.92. The van der Waals surface area contributed by atoms with Crippen LogP contribution in [0.1, 0.15) is 37.5 Å². The van der Waals surface area contributed by atoms with E-state index in [4.69, 9.17) is 4.52 Å². The molecule has 1 aliphatic rings. The molecule has 1 fully saturated rings. The average Bonchev–Trinajstić information content (AvgIpc) is 3.25. The summed E-state index contributed by atoms with van der Waals surface area (Å²) in [4.78, 5) is 18.8. The minimum Gasteiger partial charge on any atom is -0.342 e. The Hall–Kier alpha value is -1.90. The van der Waals surface area contributed by atoms with Gasteiger partial charge in [0.1, 0.15) is 0 Å². The van der Waals surface area contributed by atoms with Crippen LogP contribution >= 0.6 is 11.3 Å². The van der Waals surface area contributed by atoms with E-state index in [-0.39, 0.29) is 24.7 Å². The fourth-order valence-electron chi connectivity index (χ4n) is 2.69. The fraction of sp³-hybridized carbons (Fsp3) is 0.533. The molecule has 2 aromatic heterocycles. The molecule has 2 aromatic rings. The molecule has 1 aliphatic heterocycles. The van der Waals surface area contributed by atoms with Crippen LogP contribution in [0.15, 0.2) is 22.0 Å². The molecule has 0 N–H and O–H groups in total. The third kappa shape index (κ3) is 4.14. The van der Waals surface area contributed by atoms with E-state index in [9.17, 15) is 18.0 Å². The highest BCUT2D eigenvalue weighted by molar-refractivity contribution is 7.13. The lowest BCUT2D eigenvalue weighted by Crippen LogP contribution is -2.28. The fourth-order valence-corrected chi connectivity index (χ4v) is 3.34. The maximum Gasteiger partial charge on any atom is 0.389 e. The quantitative estimate of drug-likeness (QED) is 0.814. The Kier molecular flexibility index (Phi) is 4.88. The van der Waals surface area contributed by atoms with E-state index in [0.717, 1.165) is 4.88 Å². The summed E-state index contributed by atoms with van der Waals surface area (Å²) in [5.74, 6) is 0.691. The number of rotatable bonds is 5. The number of thiophene rings is 1. The van der Waals surface area contributed by atoms with E-state index in [1.807, 2.05) is 17.5 Å². The number of carbonyl (C=O) groups excluding carboxylic acids is 1. The zero-order valence-electron chi connectivity index (χ0n) is 12.8. The van der Waals surface area contributed by atoms with Gasteiger partial charge in [-0.3, -0.25) is 4.79 Å². The van der Waals surface area contributed by atoms with Crippen molar-refractivity contribution >= 4 is 17.2 Å². The van der Waals surface area contributed by atoms with Crippen LogP contribution < -0.4 is 0 Å². The second-order valence-electron chi connectivity index (χ2n) is 5.73. The zero-order valence-corrected chi connectivity index (χ0v) is 13.6. The number of halogens is 3.